The molecule has 1 saturated carbocycles. The first-order chi connectivity index (χ1) is 36.4. The average Bonchev–Trinajstić information content (AvgIpc) is 4.02. The number of likely N-dealkylation sites (tertiary alicyclic amines) is 1. The first kappa shape index (κ1) is 100. The predicted molar refractivity (Wildman–Crippen MR) is 370 cm³/mol. The average molecular weight is 1210 g/mol. The molecule has 1 amide bonds. The minimum atomic E-state index is -0.701. The summed E-state index contributed by atoms with van der Waals surface area (Å²) in [6.07, 6.45) is 10.9. The number of aliphatic hydroxyl groups is 4. The normalized spacial score (nSPS) is 15.0. The van der Waals surface area contributed by atoms with Crippen LogP contribution in [0.4, 0.5) is 5.69 Å². The summed E-state index contributed by atoms with van der Waals surface area (Å²) in [7, 11) is 1.75. The molecule has 4 atom stereocenters. The summed E-state index contributed by atoms with van der Waals surface area (Å²) >= 11 is 0. The molecule has 1 aromatic carbocycles. The van der Waals surface area contributed by atoms with E-state index in [-0.39, 0.29) is 55.6 Å². The standard InChI is InChI=1S/C11H17NO.C10H21N.C9H17NO.C9H19N.C8H19N.C7H17NO.C6H15NO.C5H13NO.C3H6.3H2O/c1-11(2,3)10(13)12-9-7-5-4-6-8-9;1-10(2,3)8-11-9-6-4-5-7-9;1-5-6-7-10-8(11)9(2,3)4;1-9(2,3)8-10-6-4-5-7-10;1-7(2)9-6-8(3,4)5;1-5-8-6(9)7(2,3)4;1-6(2,3)5(8)7-4;1-5(2,3)4(6)7;1-3-2;;;/h4-8,10,12-13H,1-3H3;9,11H,4-8H2,1-3H3;5H,1,6-7H2,2-4H3,(H,10,11);4-8H2,1-3H3;7,9H,6H2,1-5H3;6,8-9H,5H2,1-4H3;5,7-8H,1-4H3;4,7H,6H2,1-3H3;3H,1H2,2H3;3*1H2. The smallest absolute Gasteiger partial charge is 0.225 e. The van der Waals surface area contributed by atoms with Crippen molar-refractivity contribution in [2.75, 3.05) is 58.2 Å². The Bertz CT molecular complexity index is 1600. The number of aliphatic hydroxyl groups excluding tert-OH is 4. The summed E-state index contributed by atoms with van der Waals surface area (Å²) < 4.78 is 0. The fraction of sp³-hybridized carbons (Fsp3) is 0.838. The maximum atomic E-state index is 11.2. The topological polar surface area (TPSA) is 294 Å². The van der Waals surface area contributed by atoms with Crippen molar-refractivity contribution >= 4 is 11.6 Å². The van der Waals surface area contributed by atoms with Gasteiger partial charge in [0.2, 0.25) is 5.91 Å². The molecule has 2 aliphatic rings. The Morgan fingerprint density at radius 2 is 1.02 bits per heavy atom. The molecule has 1 aliphatic heterocycles. The van der Waals surface area contributed by atoms with Gasteiger partial charge in [-0.05, 0) is 94.1 Å². The Labute approximate surface area is 521 Å². The highest BCUT2D eigenvalue weighted by molar-refractivity contribution is 5.81. The second-order valence-electron chi connectivity index (χ2n) is 31.0. The Hall–Kier alpha value is -2.55. The van der Waals surface area contributed by atoms with E-state index in [1.807, 2.05) is 148 Å². The van der Waals surface area contributed by atoms with E-state index >= 15 is 0 Å². The van der Waals surface area contributed by atoms with Gasteiger partial charge in [0.15, 0.2) is 0 Å². The molecule has 2 fully saturated rings. The number of hydrogen-bond donors (Lipinski definition) is 11. The zero-order valence-electron chi connectivity index (χ0n) is 60.5. The van der Waals surface area contributed by atoms with Gasteiger partial charge in [-0.1, -0.05) is 230 Å². The maximum absolute atomic E-state index is 11.2. The molecule has 510 valence electrons. The van der Waals surface area contributed by atoms with Crippen LogP contribution in [0, 0.1) is 43.3 Å². The summed E-state index contributed by atoms with van der Waals surface area (Å²) in [5.74, 6) is 0.0966. The minimum Gasteiger partial charge on any atom is -0.412 e. The van der Waals surface area contributed by atoms with E-state index < -0.39 is 18.7 Å². The number of carbonyl (C=O) groups excluding carboxylic acids is 1. The van der Waals surface area contributed by atoms with E-state index in [0.717, 1.165) is 37.8 Å². The molecule has 16 nitrogen and oxygen atoms in total. The number of rotatable bonds is 13. The van der Waals surface area contributed by atoms with E-state index in [9.17, 15) is 15.0 Å². The van der Waals surface area contributed by atoms with Crippen molar-refractivity contribution < 1.29 is 41.6 Å². The number of para-hydroxylation sites is 1. The Kier molecular flexibility index (Phi) is 61.4. The molecule has 84 heavy (non-hydrogen) atoms. The van der Waals surface area contributed by atoms with E-state index in [0.29, 0.717) is 28.8 Å². The Morgan fingerprint density at radius 1 is 0.631 bits per heavy atom. The van der Waals surface area contributed by atoms with Gasteiger partial charge in [0.05, 0.1) is 0 Å². The highest BCUT2D eigenvalue weighted by atomic mass is 16.3. The number of hydrogen-bond acceptors (Lipinski definition) is 12. The van der Waals surface area contributed by atoms with Gasteiger partial charge in [-0.25, -0.2) is 0 Å². The SMILES string of the molecule is C=CC.C=CCCNC(=O)C(C)(C)C.CC(C)(C)C(N)O.CC(C)(C)C(O)Nc1ccccc1.CC(C)(C)CN1CCCC1.CC(C)(C)CNC1CCCC1.CC(C)NCC(C)(C)C.CCNC(O)C(C)(C)C.CNC(O)C(C)(C)C.O.O.O. The number of nitrogens with one attached hydrogen (secondary N) is 6. The molecule has 1 aliphatic carbocycles. The number of anilines is 1. The number of allylic oxidation sites excluding steroid dienone is 1. The monoisotopic (exact) mass is 1210 g/mol. The van der Waals surface area contributed by atoms with Crippen LogP contribution in [-0.4, -0.2) is 138 Å². The summed E-state index contributed by atoms with van der Waals surface area (Å²) in [4.78, 5) is 13.8. The van der Waals surface area contributed by atoms with Crippen LogP contribution in [0.25, 0.3) is 0 Å². The van der Waals surface area contributed by atoms with Crippen LogP contribution in [0.3, 0.4) is 0 Å². The van der Waals surface area contributed by atoms with Gasteiger partial charge >= 0.3 is 0 Å². The van der Waals surface area contributed by atoms with Crippen LogP contribution >= 0.6 is 0 Å². The number of benzene rings is 1. The lowest BCUT2D eigenvalue weighted by molar-refractivity contribution is -0.128. The maximum Gasteiger partial charge on any atom is 0.225 e. The quantitative estimate of drug-likeness (QED) is 0.0499. The first-order valence-corrected chi connectivity index (χ1v) is 30.7. The Morgan fingerprint density at radius 3 is 1.27 bits per heavy atom. The predicted octanol–water partition coefficient (Wildman–Crippen LogP) is 11.5. The fourth-order valence-corrected chi connectivity index (χ4v) is 6.10. The molecule has 3 rings (SSSR count). The van der Waals surface area contributed by atoms with Crippen molar-refractivity contribution in [1.29, 1.82) is 0 Å². The van der Waals surface area contributed by atoms with Gasteiger partial charge in [-0.15, -0.1) is 13.2 Å². The summed E-state index contributed by atoms with van der Waals surface area (Å²) in [5.41, 5.74) is 6.75. The van der Waals surface area contributed by atoms with Gasteiger partial charge in [0.1, 0.15) is 24.9 Å². The van der Waals surface area contributed by atoms with Crippen molar-refractivity contribution in [3.8, 4) is 0 Å². The van der Waals surface area contributed by atoms with Crippen molar-refractivity contribution in [3.63, 3.8) is 0 Å². The second-order valence-corrected chi connectivity index (χ2v) is 31.0. The van der Waals surface area contributed by atoms with Gasteiger partial charge < -0.3 is 68.8 Å². The molecule has 0 bridgehead atoms. The lowest BCUT2D eigenvalue weighted by Crippen LogP contribution is -2.39. The highest BCUT2D eigenvalue weighted by Crippen LogP contribution is 2.23. The van der Waals surface area contributed by atoms with Crippen LogP contribution in [0.15, 0.2) is 55.6 Å². The van der Waals surface area contributed by atoms with E-state index in [2.05, 4.69) is 126 Å². The molecular weight excluding hydrogens is 1060 g/mol. The number of amides is 1. The van der Waals surface area contributed by atoms with Gasteiger partial charge in [0.25, 0.3) is 0 Å². The molecule has 0 spiro atoms. The molecule has 16 heteroatoms. The molecule has 18 N–H and O–H groups in total. The minimum absolute atomic E-state index is 0. The van der Waals surface area contributed by atoms with Gasteiger partial charge in [-0.3, -0.25) is 15.4 Å². The largest absolute Gasteiger partial charge is 0.412 e. The number of nitrogens with zero attached hydrogens (tertiary/aromatic N) is 1. The molecule has 1 heterocycles. The molecule has 4 unspecified atom stereocenters. The highest BCUT2D eigenvalue weighted by Gasteiger charge is 2.24. The summed E-state index contributed by atoms with van der Waals surface area (Å²) in [6.45, 7) is 72.6. The van der Waals surface area contributed by atoms with Crippen molar-refractivity contribution in [3.05, 3.63) is 55.6 Å². The van der Waals surface area contributed by atoms with Crippen molar-refractivity contribution in [1.82, 2.24) is 31.5 Å². The number of carbonyl (C=O) groups is 1. The molecule has 0 radical (unpaired) electrons. The van der Waals surface area contributed by atoms with Crippen molar-refractivity contribution in [2.24, 2.45) is 49.1 Å². The van der Waals surface area contributed by atoms with Crippen LogP contribution in [-0.2, 0) is 4.79 Å². The fourth-order valence-electron chi connectivity index (χ4n) is 6.10. The third-order valence-corrected chi connectivity index (χ3v) is 11.6. The van der Waals surface area contributed by atoms with Gasteiger partial charge in [-0.2, -0.15) is 0 Å². The summed E-state index contributed by atoms with van der Waals surface area (Å²) in [5, 5.41) is 55.3. The van der Waals surface area contributed by atoms with E-state index in [1.165, 1.54) is 58.2 Å². The van der Waals surface area contributed by atoms with Crippen molar-refractivity contribution in [2.45, 2.75) is 276 Å². The zero-order chi connectivity index (χ0) is 65.3. The zero-order valence-corrected chi connectivity index (χ0v) is 60.5. The van der Waals surface area contributed by atoms with E-state index in [1.54, 1.807) is 19.2 Å². The van der Waals surface area contributed by atoms with Gasteiger partial charge in [0, 0.05) is 71.0 Å². The van der Waals surface area contributed by atoms with Crippen LogP contribution < -0.4 is 37.6 Å². The molecular formula is C68H150N8O8. The first-order valence-electron chi connectivity index (χ1n) is 30.7. The number of nitrogens with two attached hydrogens (primary N) is 1. The third kappa shape index (κ3) is 75.5. The Balaban J connectivity index is -0.000000109. The lowest BCUT2D eigenvalue weighted by atomic mass is 9.94. The molecule has 0 aromatic heterocycles. The lowest BCUT2D eigenvalue weighted by Gasteiger charge is -2.27. The molecule has 1 aromatic rings. The molecule has 1 saturated heterocycles. The van der Waals surface area contributed by atoms with Crippen LogP contribution in [0.1, 0.15) is 239 Å². The van der Waals surface area contributed by atoms with E-state index in [4.69, 9.17) is 15.9 Å². The second kappa shape index (κ2) is 51.3. The van der Waals surface area contributed by atoms with Crippen LogP contribution in [0.2, 0.25) is 0 Å². The summed E-state index contributed by atoms with van der Waals surface area (Å²) in [6, 6.07) is 11.2. The van der Waals surface area contributed by atoms with Crippen LogP contribution in [0.5, 0.6) is 0 Å². The third-order valence-electron chi connectivity index (χ3n) is 11.6.